The third-order valence-corrected chi connectivity index (χ3v) is 4.53. The Morgan fingerprint density at radius 3 is 3.35 bits per heavy atom. The van der Waals surface area contributed by atoms with E-state index in [1.165, 1.54) is 25.0 Å². The first-order valence-electron chi connectivity index (χ1n) is 6.09. The van der Waals surface area contributed by atoms with Crippen molar-refractivity contribution in [3.05, 3.63) is 12.2 Å². The maximum absolute atomic E-state index is 4.56. The normalized spacial score (nSPS) is 30.3. The fourth-order valence-corrected chi connectivity index (χ4v) is 3.66. The summed E-state index contributed by atoms with van der Waals surface area (Å²) >= 11 is 1.84. The van der Waals surface area contributed by atoms with Gasteiger partial charge < -0.3 is 5.32 Å². The van der Waals surface area contributed by atoms with Crippen molar-refractivity contribution in [1.29, 1.82) is 0 Å². The van der Waals surface area contributed by atoms with Crippen molar-refractivity contribution in [1.82, 2.24) is 20.1 Å². The van der Waals surface area contributed by atoms with Gasteiger partial charge in [-0.1, -0.05) is 18.2 Å². The molecule has 2 aliphatic rings. The molecule has 3 rings (SSSR count). The van der Waals surface area contributed by atoms with Crippen LogP contribution in [0.2, 0.25) is 0 Å². The highest BCUT2D eigenvalue weighted by Gasteiger charge is 2.31. The number of aromatic nitrogens is 3. The van der Waals surface area contributed by atoms with Crippen LogP contribution in [0.3, 0.4) is 0 Å². The summed E-state index contributed by atoms with van der Waals surface area (Å²) in [6, 6.07) is 0.659. The van der Waals surface area contributed by atoms with Crippen molar-refractivity contribution in [3.8, 4) is 0 Å². The molecular weight excluding hydrogens is 234 g/mol. The van der Waals surface area contributed by atoms with E-state index < -0.39 is 0 Å². The first-order valence-corrected chi connectivity index (χ1v) is 7.08. The van der Waals surface area contributed by atoms with Crippen LogP contribution in [0.4, 0.5) is 0 Å². The third kappa shape index (κ3) is 2.46. The molecule has 1 aliphatic carbocycles. The molecule has 1 aromatic heterocycles. The van der Waals surface area contributed by atoms with Crippen LogP contribution in [0.25, 0.3) is 0 Å². The Bertz CT molecular complexity index is 427. The second-order valence-electron chi connectivity index (χ2n) is 4.71. The molecule has 0 amide bonds. The predicted molar refractivity (Wildman–Crippen MR) is 68.9 cm³/mol. The van der Waals surface area contributed by atoms with Gasteiger partial charge in [0.1, 0.15) is 12.9 Å². The number of nitrogens with one attached hydrogen (secondary N) is 1. The fourth-order valence-electron chi connectivity index (χ4n) is 2.50. The van der Waals surface area contributed by atoms with E-state index >= 15 is 0 Å². The largest absolute Gasteiger partial charge is 0.362 e. The molecule has 6 heteroatoms. The molecule has 1 aromatic rings. The van der Waals surface area contributed by atoms with Crippen molar-refractivity contribution in [2.75, 3.05) is 5.75 Å². The predicted octanol–water partition coefficient (Wildman–Crippen LogP) is 1.18. The lowest BCUT2D eigenvalue weighted by Crippen LogP contribution is -2.41. The van der Waals surface area contributed by atoms with Gasteiger partial charge in [-0.05, 0) is 18.8 Å². The van der Waals surface area contributed by atoms with Gasteiger partial charge in [-0.25, -0.2) is 4.98 Å². The monoisotopic (exact) mass is 251 g/mol. The van der Waals surface area contributed by atoms with Crippen LogP contribution in [0.5, 0.6) is 0 Å². The minimum atomic E-state index is 0.577. The summed E-state index contributed by atoms with van der Waals surface area (Å²) in [5.74, 6) is 2.86. The summed E-state index contributed by atoms with van der Waals surface area (Å²) in [7, 11) is 1.88. The Morgan fingerprint density at radius 1 is 1.59 bits per heavy atom. The summed E-state index contributed by atoms with van der Waals surface area (Å²) in [6.45, 7) is 0.577. The van der Waals surface area contributed by atoms with E-state index in [1.54, 1.807) is 11.0 Å². The van der Waals surface area contributed by atoms with Crippen LogP contribution in [0.15, 0.2) is 11.3 Å². The lowest BCUT2D eigenvalue weighted by Gasteiger charge is -2.27. The van der Waals surface area contributed by atoms with Crippen LogP contribution in [0, 0.1) is 5.92 Å². The Hall–Kier alpha value is -1.04. The first-order chi connectivity index (χ1) is 8.31. The van der Waals surface area contributed by atoms with Gasteiger partial charge in [-0.3, -0.25) is 9.67 Å². The van der Waals surface area contributed by atoms with Gasteiger partial charge in [-0.2, -0.15) is 5.10 Å². The average molecular weight is 251 g/mol. The average Bonchev–Trinajstić information content (AvgIpc) is 2.94. The standard InChI is InChI=1S/C11H17N5S/c1-16-7-13-10(15-16)5-12-11-14-9-4-2-3-8(9)6-17-11/h7-9H,2-6H2,1H3,(H,12,14). The van der Waals surface area contributed by atoms with Gasteiger partial charge in [0.25, 0.3) is 0 Å². The summed E-state index contributed by atoms with van der Waals surface area (Å²) in [5.41, 5.74) is 0. The highest BCUT2D eigenvalue weighted by molar-refractivity contribution is 8.13. The number of amidine groups is 1. The SMILES string of the molecule is Cn1cnc(CN=C2NC3CCCC3CS2)n1. The van der Waals surface area contributed by atoms with Crippen molar-refractivity contribution in [3.63, 3.8) is 0 Å². The number of hydrogen-bond donors (Lipinski definition) is 1. The molecular formula is C11H17N5S. The smallest absolute Gasteiger partial charge is 0.172 e. The van der Waals surface area contributed by atoms with E-state index in [-0.39, 0.29) is 0 Å². The van der Waals surface area contributed by atoms with Crippen LogP contribution in [-0.2, 0) is 13.6 Å². The summed E-state index contributed by atoms with van der Waals surface area (Å²) in [5, 5.41) is 8.84. The molecule has 2 atom stereocenters. The second-order valence-corrected chi connectivity index (χ2v) is 5.72. The van der Waals surface area contributed by atoms with Gasteiger partial charge in [0.05, 0.1) is 0 Å². The molecule has 0 spiro atoms. The molecule has 1 saturated heterocycles. The zero-order valence-electron chi connectivity index (χ0n) is 9.96. The number of hydrogen-bond acceptors (Lipinski definition) is 4. The minimum absolute atomic E-state index is 0.577. The Kier molecular flexibility index (Phi) is 3.05. The van der Waals surface area contributed by atoms with Crippen molar-refractivity contribution in [2.45, 2.75) is 31.8 Å². The maximum Gasteiger partial charge on any atom is 0.172 e. The zero-order valence-corrected chi connectivity index (χ0v) is 10.8. The molecule has 2 fully saturated rings. The van der Waals surface area contributed by atoms with Crippen LogP contribution in [-0.4, -0.2) is 31.7 Å². The summed E-state index contributed by atoms with van der Waals surface area (Å²) in [4.78, 5) is 8.73. The van der Waals surface area contributed by atoms with E-state index in [9.17, 15) is 0 Å². The fraction of sp³-hybridized carbons (Fsp3) is 0.727. The van der Waals surface area contributed by atoms with E-state index in [2.05, 4.69) is 20.4 Å². The van der Waals surface area contributed by atoms with Gasteiger partial charge in [-0.15, -0.1) is 0 Å². The van der Waals surface area contributed by atoms with Gasteiger partial charge >= 0.3 is 0 Å². The van der Waals surface area contributed by atoms with Gasteiger partial charge in [0.15, 0.2) is 11.0 Å². The molecule has 0 bridgehead atoms. The number of rotatable bonds is 2. The van der Waals surface area contributed by atoms with Crippen molar-refractivity contribution < 1.29 is 0 Å². The summed E-state index contributed by atoms with van der Waals surface area (Å²) in [6.07, 6.45) is 5.74. The van der Waals surface area contributed by atoms with Crippen LogP contribution >= 0.6 is 11.8 Å². The van der Waals surface area contributed by atoms with E-state index in [1.807, 2.05) is 18.8 Å². The lowest BCUT2D eigenvalue weighted by molar-refractivity contribution is 0.489. The molecule has 17 heavy (non-hydrogen) atoms. The van der Waals surface area contributed by atoms with E-state index in [0.717, 1.165) is 16.9 Å². The quantitative estimate of drug-likeness (QED) is 0.857. The summed E-state index contributed by atoms with van der Waals surface area (Å²) < 4.78 is 1.71. The van der Waals surface area contributed by atoms with Crippen molar-refractivity contribution >= 4 is 16.9 Å². The topological polar surface area (TPSA) is 55.1 Å². The number of fused-ring (bicyclic) bond motifs is 1. The molecule has 2 unspecified atom stereocenters. The van der Waals surface area contributed by atoms with E-state index in [0.29, 0.717) is 12.6 Å². The van der Waals surface area contributed by atoms with Crippen LogP contribution < -0.4 is 5.32 Å². The second kappa shape index (κ2) is 4.68. The van der Waals surface area contributed by atoms with E-state index in [4.69, 9.17) is 0 Å². The number of aryl methyl sites for hydroxylation is 1. The van der Waals surface area contributed by atoms with Gasteiger partial charge in [0, 0.05) is 18.8 Å². The molecule has 92 valence electrons. The first kappa shape index (κ1) is 11.1. The lowest BCUT2D eigenvalue weighted by atomic mass is 10.1. The van der Waals surface area contributed by atoms with Crippen LogP contribution in [0.1, 0.15) is 25.1 Å². The number of aliphatic imine (C=N–C) groups is 1. The molecule has 1 saturated carbocycles. The molecule has 5 nitrogen and oxygen atoms in total. The van der Waals surface area contributed by atoms with Crippen molar-refractivity contribution in [2.24, 2.45) is 18.0 Å². The zero-order chi connectivity index (χ0) is 11.7. The molecule has 0 aromatic carbocycles. The molecule has 0 radical (unpaired) electrons. The molecule has 2 heterocycles. The number of thioether (sulfide) groups is 1. The number of nitrogens with zero attached hydrogens (tertiary/aromatic N) is 4. The Morgan fingerprint density at radius 2 is 2.53 bits per heavy atom. The maximum atomic E-state index is 4.56. The molecule has 1 aliphatic heterocycles. The Balaban J connectivity index is 1.61. The third-order valence-electron chi connectivity index (χ3n) is 3.41. The molecule has 1 N–H and O–H groups in total. The highest BCUT2D eigenvalue weighted by Crippen LogP contribution is 2.32. The Labute approximate surface area is 105 Å². The van der Waals surface area contributed by atoms with Gasteiger partial charge in [0.2, 0.25) is 0 Å². The minimum Gasteiger partial charge on any atom is -0.362 e. The highest BCUT2D eigenvalue weighted by atomic mass is 32.2.